The predicted molar refractivity (Wildman–Crippen MR) is 46.4 cm³/mol. The average Bonchev–Trinajstić information content (AvgIpc) is 1.88. The van der Waals surface area contributed by atoms with Gasteiger partial charge in [0.2, 0.25) is 0 Å². The molecule has 3 nitrogen and oxygen atoms in total. The number of aromatic carboxylic acids is 1. The number of carboxylic acid groups (broad SMARTS) is 1. The van der Waals surface area contributed by atoms with E-state index in [1.807, 2.05) is 0 Å². The van der Waals surface area contributed by atoms with Gasteiger partial charge in [-0.3, -0.25) is 0 Å². The maximum absolute atomic E-state index is 10.3. The fourth-order valence-corrected chi connectivity index (χ4v) is 0.626. The van der Waals surface area contributed by atoms with Crippen LogP contribution in [0.4, 0.5) is 5.69 Å². The molecule has 0 unspecified atom stereocenters. The number of carboxylic acids is 1. The molecule has 0 atom stereocenters. The predicted octanol–water partition coefficient (Wildman–Crippen LogP) is 0.0508. The molecule has 0 aliphatic carbocycles. The number of hydrogen-bond donors (Lipinski definition) is 2. The van der Waals surface area contributed by atoms with Gasteiger partial charge in [0.25, 0.3) is 0 Å². The quantitative estimate of drug-likeness (QED) is 0.563. The summed E-state index contributed by atoms with van der Waals surface area (Å²) in [6, 6.07) is 6.06. The van der Waals surface area contributed by atoms with Gasteiger partial charge in [0.1, 0.15) is 0 Å². The Morgan fingerprint density at radius 1 is 1.27 bits per heavy atom. The topological polar surface area (TPSA) is 63.3 Å². The SMILES string of the molecule is Nc1ccc(C(=O)O)cc1.[BaH2]. The average molecular weight is 276 g/mol. The molecule has 0 heterocycles. The van der Waals surface area contributed by atoms with Crippen molar-refractivity contribution in [2.24, 2.45) is 0 Å². The van der Waals surface area contributed by atoms with Crippen LogP contribution in [0.1, 0.15) is 10.4 Å². The molecule has 0 saturated carbocycles. The van der Waals surface area contributed by atoms with Crippen molar-refractivity contribution in [2.75, 3.05) is 5.73 Å². The molecule has 0 fully saturated rings. The van der Waals surface area contributed by atoms with Crippen molar-refractivity contribution in [1.82, 2.24) is 0 Å². The number of benzene rings is 1. The molecule has 0 radical (unpaired) electrons. The molecule has 4 heteroatoms. The van der Waals surface area contributed by atoms with Gasteiger partial charge >= 0.3 is 54.9 Å². The number of hydrogen-bond acceptors (Lipinski definition) is 2. The first-order valence-corrected chi connectivity index (χ1v) is 2.79. The number of nitrogens with two attached hydrogens (primary N) is 1. The van der Waals surface area contributed by atoms with Crippen molar-refractivity contribution in [1.29, 1.82) is 0 Å². The Hall–Kier alpha value is 0.0614. The van der Waals surface area contributed by atoms with Gasteiger partial charge in [-0.1, -0.05) is 0 Å². The molecule has 1 aromatic rings. The first-order chi connectivity index (χ1) is 4.70. The molecule has 56 valence electrons. The third-order valence-corrected chi connectivity index (χ3v) is 1.16. The first-order valence-electron chi connectivity index (χ1n) is 2.79. The molecule has 0 bridgehead atoms. The first kappa shape index (κ1) is 11.1. The van der Waals surface area contributed by atoms with E-state index < -0.39 is 5.97 Å². The van der Waals surface area contributed by atoms with E-state index in [9.17, 15) is 4.79 Å². The number of anilines is 1. The standard InChI is InChI=1S/C7H7NO2.Ba.2H/c8-6-3-1-5(2-4-6)7(9)10;;;/h1-4H,8H2,(H,9,10);;;. The second-order valence-electron chi connectivity index (χ2n) is 1.93. The van der Waals surface area contributed by atoms with E-state index in [4.69, 9.17) is 10.8 Å². The van der Waals surface area contributed by atoms with Gasteiger partial charge in [-0.05, 0) is 24.3 Å². The van der Waals surface area contributed by atoms with Gasteiger partial charge in [0, 0.05) is 5.69 Å². The van der Waals surface area contributed by atoms with Crippen LogP contribution in [0, 0.1) is 0 Å². The van der Waals surface area contributed by atoms with Crippen LogP contribution < -0.4 is 5.73 Å². The Kier molecular flexibility index (Phi) is 4.87. The third-order valence-electron chi connectivity index (χ3n) is 1.16. The molecule has 0 aliphatic rings. The molecule has 11 heavy (non-hydrogen) atoms. The summed E-state index contributed by atoms with van der Waals surface area (Å²) in [7, 11) is 0. The van der Waals surface area contributed by atoms with Crippen molar-refractivity contribution in [3.05, 3.63) is 29.8 Å². The number of carbonyl (C=O) groups is 1. The normalized spacial score (nSPS) is 8.36. The molecule has 0 amide bonds. The van der Waals surface area contributed by atoms with Crippen molar-refractivity contribution in [3.8, 4) is 0 Å². The molecule has 3 N–H and O–H groups in total. The van der Waals surface area contributed by atoms with E-state index in [1.54, 1.807) is 12.1 Å². The Morgan fingerprint density at radius 2 is 1.73 bits per heavy atom. The van der Waals surface area contributed by atoms with Crippen LogP contribution >= 0.6 is 0 Å². The van der Waals surface area contributed by atoms with Crippen LogP contribution in [0.15, 0.2) is 24.3 Å². The van der Waals surface area contributed by atoms with E-state index in [-0.39, 0.29) is 54.4 Å². The summed E-state index contributed by atoms with van der Waals surface area (Å²) in [5.74, 6) is -0.931. The Balaban J connectivity index is 0.000001000. The van der Waals surface area contributed by atoms with Crippen molar-refractivity contribution in [3.63, 3.8) is 0 Å². The van der Waals surface area contributed by atoms with Crippen LogP contribution in [-0.4, -0.2) is 60.0 Å². The molecule has 1 aromatic carbocycles. The van der Waals surface area contributed by atoms with Gasteiger partial charge < -0.3 is 10.8 Å². The zero-order chi connectivity index (χ0) is 7.56. The van der Waals surface area contributed by atoms with Crippen molar-refractivity contribution in [2.45, 2.75) is 0 Å². The molecule has 1 rings (SSSR count). The minimum absolute atomic E-state index is 0. The van der Waals surface area contributed by atoms with Crippen molar-refractivity contribution < 1.29 is 9.90 Å². The van der Waals surface area contributed by atoms with Gasteiger partial charge in [0.15, 0.2) is 0 Å². The van der Waals surface area contributed by atoms with Crippen LogP contribution in [0.5, 0.6) is 0 Å². The molecular weight excluding hydrogens is 267 g/mol. The zero-order valence-electron chi connectivity index (χ0n) is 5.24. The second-order valence-corrected chi connectivity index (χ2v) is 1.93. The molecule has 0 spiro atoms. The van der Waals surface area contributed by atoms with E-state index in [0.29, 0.717) is 5.69 Å². The fraction of sp³-hybridized carbons (Fsp3) is 0. The number of nitrogen functional groups attached to an aromatic ring is 1. The summed E-state index contributed by atoms with van der Waals surface area (Å²) in [4.78, 5) is 10.3. The van der Waals surface area contributed by atoms with Crippen LogP contribution in [-0.2, 0) is 0 Å². The zero-order valence-corrected chi connectivity index (χ0v) is 5.24. The van der Waals surface area contributed by atoms with E-state index >= 15 is 0 Å². The third kappa shape index (κ3) is 3.31. The minimum atomic E-state index is -0.931. The molecular formula is C7H9BaNO2. The summed E-state index contributed by atoms with van der Waals surface area (Å²) < 4.78 is 0. The van der Waals surface area contributed by atoms with Crippen molar-refractivity contribution >= 4 is 60.5 Å². The monoisotopic (exact) mass is 277 g/mol. The molecule has 0 saturated heterocycles. The number of rotatable bonds is 1. The second kappa shape index (κ2) is 4.84. The summed E-state index contributed by atoms with van der Waals surface area (Å²) in [6.07, 6.45) is 0. The molecule has 0 aliphatic heterocycles. The van der Waals surface area contributed by atoms with Gasteiger partial charge in [-0.25, -0.2) is 4.79 Å². The Labute approximate surface area is 105 Å². The Bertz CT molecular complexity index is 245. The fourth-order valence-electron chi connectivity index (χ4n) is 0.626. The summed E-state index contributed by atoms with van der Waals surface area (Å²) >= 11 is 0. The van der Waals surface area contributed by atoms with Crippen LogP contribution in [0.25, 0.3) is 0 Å². The van der Waals surface area contributed by atoms with Crippen LogP contribution in [0.2, 0.25) is 0 Å². The summed E-state index contributed by atoms with van der Waals surface area (Å²) in [5.41, 5.74) is 6.17. The van der Waals surface area contributed by atoms with Crippen LogP contribution in [0.3, 0.4) is 0 Å². The molecule has 0 aromatic heterocycles. The van der Waals surface area contributed by atoms with Gasteiger partial charge in [-0.15, -0.1) is 0 Å². The maximum atomic E-state index is 10.3. The summed E-state index contributed by atoms with van der Waals surface area (Å²) in [6.45, 7) is 0. The van der Waals surface area contributed by atoms with E-state index in [1.165, 1.54) is 12.1 Å². The van der Waals surface area contributed by atoms with Gasteiger partial charge in [0.05, 0.1) is 5.56 Å². The van der Waals surface area contributed by atoms with E-state index in [2.05, 4.69) is 0 Å². The van der Waals surface area contributed by atoms with E-state index in [0.717, 1.165) is 0 Å². The summed E-state index contributed by atoms with van der Waals surface area (Å²) in [5, 5.41) is 8.43. The Morgan fingerprint density at radius 3 is 2.09 bits per heavy atom. The van der Waals surface area contributed by atoms with Gasteiger partial charge in [-0.2, -0.15) is 0 Å².